The van der Waals surface area contributed by atoms with Gasteiger partial charge in [-0.15, -0.1) is 20.5 Å². The number of hydrogen-bond donors (Lipinski definition) is 6. The molecule has 4 aromatic carbocycles. The Morgan fingerprint density at radius 3 is 1.54 bits per heavy atom. The van der Waals surface area contributed by atoms with Crippen LogP contribution in [0.5, 0.6) is 17.4 Å². The molecule has 2 aromatic heterocycles. The van der Waals surface area contributed by atoms with Crippen molar-refractivity contribution in [2.45, 2.75) is 48.3 Å². The number of rotatable bonds is 19. The van der Waals surface area contributed by atoms with Gasteiger partial charge in [0.1, 0.15) is 45.1 Å². The highest BCUT2D eigenvalue weighted by Crippen LogP contribution is 2.43. The molecular weight excluding hydrogens is 1040 g/mol. The molecule has 32 heteroatoms. The highest BCUT2D eigenvalue weighted by Gasteiger charge is 2.24. The van der Waals surface area contributed by atoms with Gasteiger partial charge in [-0.05, 0) is 93.3 Å². The van der Waals surface area contributed by atoms with E-state index in [0.717, 1.165) is 28.7 Å². The van der Waals surface area contributed by atoms with Gasteiger partial charge in [-0.25, -0.2) is 4.98 Å². The lowest BCUT2D eigenvalue weighted by Gasteiger charge is -2.12. The summed E-state index contributed by atoms with van der Waals surface area (Å²) < 4.78 is 177. The van der Waals surface area contributed by atoms with Gasteiger partial charge in [0.05, 0.1) is 56.9 Å². The predicted octanol–water partition coefficient (Wildman–Crippen LogP) is 7.29. The number of nitriles is 1. The van der Waals surface area contributed by atoms with E-state index in [-0.39, 0.29) is 99.4 Å². The minimum absolute atomic E-state index is 0.00471. The number of benzene rings is 4. The van der Waals surface area contributed by atoms with Gasteiger partial charge in [0.15, 0.2) is 11.3 Å². The predicted molar refractivity (Wildman–Crippen MR) is 248 cm³/mol. The molecule has 27 nitrogen and oxygen atoms in total. The summed E-state index contributed by atoms with van der Waals surface area (Å²) in [5.74, 6) is -2.14. The standard InChI is InChI=1S/C39H37N9O18S5/c1-21-14-31(34(65-10-4-12-67(50,51)52)18-28(21)43-42-27-8-6-25(70(59,60)61)17-36(27)71(62,63)64)45-44-29-19-35(66-11-5-13-68(53,54)55)32(15-22(29)2)46-47-37-23(3)26(20-40)38-41-30-16-24(69(56,57)58)7-9-33(30)48(38)39(37)49/h6-9,14-19,49H,4-5,10-13H2,1-3H3,(H,50,51,52)(H,53,54,55)(H,56,57,58)(H,59,60,61)(H,62,63,64). The third-order valence-electron chi connectivity index (χ3n) is 9.87. The van der Waals surface area contributed by atoms with Crippen LogP contribution < -0.4 is 9.47 Å². The van der Waals surface area contributed by atoms with Gasteiger partial charge in [0.2, 0.25) is 5.88 Å². The van der Waals surface area contributed by atoms with Crippen LogP contribution in [0.15, 0.2) is 106 Å². The Balaban J connectivity index is 1.42. The van der Waals surface area contributed by atoms with Gasteiger partial charge in [-0.3, -0.25) is 27.2 Å². The maximum absolute atomic E-state index is 12.1. The molecule has 2 heterocycles. The number of nitrogens with zero attached hydrogens (tertiary/aromatic N) is 9. The Kier molecular flexibility index (Phi) is 15.4. The van der Waals surface area contributed by atoms with Crippen molar-refractivity contribution in [3.05, 3.63) is 82.9 Å². The molecule has 0 radical (unpaired) electrons. The van der Waals surface area contributed by atoms with Crippen molar-refractivity contribution in [1.29, 1.82) is 5.26 Å². The first-order chi connectivity index (χ1) is 32.9. The van der Waals surface area contributed by atoms with E-state index in [2.05, 4.69) is 35.7 Å². The first-order valence-corrected chi connectivity index (χ1v) is 27.3. The lowest BCUT2D eigenvalue weighted by atomic mass is 10.1. The van der Waals surface area contributed by atoms with Crippen LogP contribution in [0.2, 0.25) is 0 Å². The topological polar surface area (TPSA) is 426 Å². The Morgan fingerprint density at radius 2 is 1.06 bits per heavy atom. The maximum Gasteiger partial charge on any atom is 0.296 e. The van der Waals surface area contributed by atoms with Crippen LogP contribution in [-0.2, 0) is 50.6 Å². The zero-order valence-electron chi connectivity index (χ0n) is 36.7. The van der Waals surface area contributed by atoms with Crippen LogP contribution in [0.1, 0.15) is 35.1 Å². The fourth-order valence-corrected chi connectivity index (χ4v) is 9.15. The molecule has 71 heavy (non-hydrogen) atoms. The minimum Gasteiger partial charge on any atom is -0.493 e. The summed E-state index contributed by atoms with van der Waals surface area (Å²) in [4.78, 5) is 1.92. The lowest BCUT2D eigenvalue weighted by molar-refractivity contribution is 0.317. The molecular formula is C39H37N9O18S5. The number of azo groups is 3. The van der Waals surface area contributed by atoms with Crippen molar-refractivity contribution < 1.29 is 79.4 Å². The van der Waals surface area contributed by atoms with Crippen LogP contribution in [0, 0.1) is 32.1 Å². The molecule has 0 atom stereocenters. The summed E-state index contributed by atoms with van der Waals surface area (Å²) >= 11 is 0. The number of pyridine rings is 1. The molecule has 0 fully saturated rings. The van der Waals surface area contributed by atoms with E-state index < -0.39 is 88.4 Å². The molecule has 0 amide bonds. The van der Waals surface area contributed by atoms with E-state index >= 15 is 0 Å². The summed E-state index contributed by atoms with van der Waals surface area (Å²) in [5, 5.41) is 46.5. The molecule has 6 rings (SSSR count). The van der Waals surface area contributed by atoms with Crippen LogP contribution in [0.3, 0.4) is 0 Å². The van der Waals surface area contributed by atoms with Gasteiger partial charge in [0, 0.05) is 17.7 Å². The smallest absolute Gasteiger partial charge is 0.296 e. The highest BCUT2D eigenvalue weighted by molar-refractivity contribution is 7.87. The second-order valence-corrected chi connectivity index (χ2v) is 22.4. The molecule has 0 aliphatic rings. The summed E-state index contributed by atoms with van der Waals surface area (Å²) in [6.45, 7) is 3.89. The quantitative estimate of drug-likeness (QED) is 0.0263. The first kappa shape index (κ1) is 53.4. The van der Waals surface area contributed by atoms with Crippen LogP contribution in [0.4, 0.5) is 34.1 Å². The molecule has 0 saturated carbocycles. The van der Waals surface area contributed by atoms with E-state index in [1.54, 1.807) is 6.92 Å². The van der Waals surface area contributed by atoms with Crippen molar-refractivity contribution in [1.82, 2.24) is 9.38 Å². The fraction of sp³-hybridized carbons (Fsp3) is 0.231. The SMILES string of the molecule is Cc1cc(N=Nc2c(C)c(C#N)c3nc4cc(S(=O)(=O)O)ccc4n3c2O)c(OCCCS(=O)(=O)O)cc1N=Nc1cc(C)c(N=Nc2ccc(S(=O)(=O)O)cc2S(=O)(=O)O)cc1OCCCS(=O)(=O)O. The number of aryl methyl sites for hydroxylation is 2. The second kappa shape index (κ2) is 20.4. The maximum atomic E-state index is 12.1. The van der Waals surface area contributed by atoms with Crippen LogP contribution >= 0.6 is 0 Å². The van der Waals surface area contributed by atoms with Crippen LogP contribution in [-0.4, -0.2) is 104 Å². The van der Waals surface area contributed by atoms with E-state index in [0.29, 0.717) is 11.6 Å². The van der Waals surface area contributed by atoms with Crippen molar-refractivity contribution in [3.63, 3.8) is 0 Å². The zero-order valence-corrected chi connectivity index (χ0v) is 40.7. The third-order valence-corrected chi connectivity index (χ3v) is 14.1. The Hall–Kier alpha value is -6.93. The van der Waals surface area contributed by atoms with E-state index in [1.165, 1.54) is 44.2 Å². The Bertz CT molecular complexity index is 3870. The number of fused-ring (bicyclic) bond motifs is 3. The van der Waals surface area contributed by atoms with Gasteiger partial charge < -0.3 is 14.6 Å². The van der Waals surface area contributed by atoms with Crippen molar-refractivity contribution in [3.8, 4) is 23.4 Å². The average Bonchev–Trinajstić information content (AvgIpc) is 3.64. The van der Waals surface area contributed by atoms with Crippen molar-refractivity contribution in [2.75, 3.05) is 24.7 Å². The molecule has 0 spiro atoms. The first-order valence-electron chi connectivity index (χ1n) is 19.8. The van der Waals surface area contributed by atoms with Crippen molar-refractivity contribution >= 4 is 101 Å². The second-order valence-electron chi connectivity index (χ2n) is 15.0. The number of aromatic hydroxyl groups is 1. The Morgan fingerprint density at radius 1 is 0.592 bits per heavy atom. The molecule has 0 aliphatic heterocycles. The number of aromatic nitrogens is 2. The average molecular weight is 1080 g/mol. The van der Waals surface area contributed by atoms with Gasteiger partial charge in [-0.1, -0.05) is 0 Å². The molecule has 0 saturated heterocycles. The molecule has 376 valence electrons. The number of ether oxygens (including phenoxy) is 2. The van der Waals surface area contributed by atoms with E-state index in [1.807, 2.05) is 6.07 Å². The van der Waals surface area contributed by atoms with E-state index in [9.17, 15) is 75.2 Å². The molecule has 0 unspecified atom stereocenters. The molecule has 0 bridgehead atoms. The third kappa shape index (κ3) is 13.1. The van der Waals surface area contributed by atoms with Gasteiger partial charge in [-0.2, -0.15) is 57.6 Å². The fourth-order valence-electron chi connectivity index (χ4n) is 6.45. The largest absolute Gasteiger partial charge is 0.493 e. The summed E-state index contributed by atoms with van der Waals surface area (Å²) in [5.41, 5.74) is -0.0316. The van der Waals surface area contributed by atoms with Crippen LogP contribution in [0.25, 0.3) is 16.7 Å². The summed E-state index contributed by atoms with van der Waals surface area (Å²) in [6.07, 6.45) is -0.422. The highest BCUT2D eigenvalue weighted by atomic mass is 32.2. The lowest BCUT2D eigenvalue weighted by Crippen LogP contribution is -2.08. The monoisotopic (exact) mass is 1080 g/mol. The van der Waals surface area contributed by atoms with Crippen molar-refractivity contribution in [2.24, 2.45) is 30.7 Å². The Labute approximate surface area is 403 Å². The molecule has 6 N–H and O–H groups in total. The van der Waals surface area contributed by atoms with Gasteiger partial charge >= 0.3 is 0 Å². The minimum atomic E-state index is -5.12. The number of imidazole rings is 1. The summed E-state index contributed by atoms with van der Waals surface area (Å²) in [7, 11) is -23.4. The zero-order chi connectivity index (χ0) is 52.4. The number of hydrogen-bond acceptors (Lipinski definition) is 21. The van der Waals surface area contributed by atoms with E-state index in [4.69, 9.17) is 9.47 Å². The molecule has 0 aliphatic carbocycles. The summed E-state index contributed by atoms with van der Waals surface area (Å²) in [6, 6.07) is 12.8. The normalized spacial score (nSPS) is 13.0. The molecule has 6 aromatic rings. The van der Waals surface area contributed by atoms with Gasteiger partial charge in [0.25, 0.3) is 50.6 Å².